The third kappa shape index (κ3) is 4.01. The molecule has 3 aliphatic carbocycles. The molecule has 2 bridgehead atoms. The lowest BCUT2D eigenvalue weighted by Crippen LogP contribution is -2.48. The van der Waals surface area contributed by atoms with Crippen LogP contribution in [0, 0.1) is 21.4 Å². The summed E-state index contributed by atoms with van der Waals surface area (Å²) in [5, 5.41) is 27.9. The van der Waals surface area contributed by atoms with Gasteiger partial charge in [0.15, 0.2) is 0 Å². The number of aromatic hydroxyl groups is 1. The van der Waals surface area contributed by atoms with Crippen molar-refractivity contribution in [3.63, 3.8) is 0 Å². The van der Waals surface area contributed by atoms with Gasteiger partial charge in [0.1, 0.15) is 10.8 Å². The summed E-state index contributed by atoms with van der Waals surface area (Å²) >= 11 is 1.57. The average molecular weight is 585 g/mol. The highest BCUT2D eigenvalue weighted by molar-refractivity contribution is 7.21. The number of hydrogen-bond donors (Lipinski definition) is 1. The molecule has 3 aliphatic rings. The molecule has 0 aliphatic heterocycles. The quantitative estimate of drug-likeness (QED) is 0.161. The Hall–Kier alpha value is -4.82. The number of nitrogens with zero attached hydrogens (tertiary/aromatic N) is 4. The smallest absolute Gasteiger partial charge is 0.269 e. The third-order valence-corrected chi connectivity index (χ3v) is 10.7. The van der Waals surface area contributed by atoms with E-state index in [4.69, 9.17) is 10.1 Å². The number of benzene rings is 4. The summed E-state index contributed by atoms with van der Waals surface area (Å²) in [6.45, 7) is 4.68. The van der Waals surface area contributed by atoms with Crippen LogP contribution in [0.2, 0.25) is 0 Å². The summed E-state index contributed by atoms with van der Waals surface area (Å²) in [6, 6.07) is 28.8. The lowest BCUT2D eigenvalue weighted by molar-refractivity contribution is -0.384. The second-order valence-electron chi connectivity index (χ2n) is 12.2. The topological polar surface area (TPSA) is 94.1 Å². The molecule has 2 heterocycles. The number of rotatable bonds is 5. The molecule has 1 saturated carbocycles. The molecule has 9 rings (SSSR count). The Labute approximate surface area is 252 Å². The maximum Gasteiger partial charge on any atom is 0.269 e. The lowest BCUT2D eigenvalue weighted by atomic mass is 9.48. The lowest BCUT2D eigenvalue weighted by Gasteiger charge is -2.55. The van der Waals surface area contributed by atoms with Crippen LogP contribution in [0.1, 0.15) is 37.4 Å². The molecule has 2 atom stereocenters. The van der Waals surface area contributed by atoms with Gasteiger partial charge in [0.05, 0.1) is 37.8 Å². The number of thiazole rings is 1. The van der Waals surface area contributed by atoms with Crippen LogP contribution in [0.25, 0.3) is 48.9 Å². The molecule has 4 aromatic carbocycles. The van der Waals surface area contributed by atoms with Gasteiger partial charge in [-0.15, -0.1) is 11.3 Å². The molecule has 43 heavy (non-hydrogen) atoms. The number of fused-ring (bicyclic) bond motifs is 1. The number of phenolic OH excluding ortho intramolecular Hbond substituents is 1. The number of phenols is 1. The van der Waals surface area contributed by atoms with Crippen LogP contribution in [0.5, 0.6) is 5.75 Å². The highest BCUT2D eigenvalue weighted by Crippen LogP contribution is 2.63. The van der Waals surface area contributed by atoms with Crippen LogP contribution in [-0.2, 0) is 6.42 Å². The number of nitro benzene ring substituents is 1. The maximum absolute atomic E-state index is 11.3. The third-order valence-electron chi connectivity index (χ3n) is 9.58. The fraction of sp³-hybridized carbons (Fsp3) is 0.200. The van der Waals surface area contributed by atoms with Gasteiger partial charge in [0.2, 0.25) is 0 Å². The van der Waals surface area contributed by atoms with Gasteiger partial charge >= 0.3 is 0 Å². The van der Waals surface area contributed by atoms with E-state index in [2.05, 4.69) is 38.1 Å². The number of hydrogen-bond acceptors (Lipinski definition) is 6. The van der Waals surface area contributed by atoms with E-state index in [0.29, 0.717) is 11.8 Å². The van der Waals surface area contributed by atoms with Gasteiger partial charge < -0.3 is 5.11 Å². The monoisotopic (exact) mass is 584 g/mol. The van der Waals surface area contributed by atoms with Gasteiger partial charge in [-0.25, -0.2) is 9.67 Å². The summed E-state index contributed by atoms with van der Waals surface area (Å²) in [5.41, 5.74) is 9.32. The van der Waals surface area contributed by atoms with Crippen LogP contribution >= 0.6 is 11.3 Å². The van der Waals surface area contributed by atoms with Crippen molar-refractivity contribution in [1.82, 2.24) is 14.8 Å². The number of nitro groups is 1. The molecule has 212 valence electrons. The summed E-state index contributed by atoms with van der Waals surface area (Å²) < 4.78 is 3.06. The fourth-order valence-corrected chi connectivity index (χ4v) is 7.91. The number of non-ortho nitro benzene ring substituents is 1. The van der Waals surface area contributed by atoms with Crippen LogP contribution in [-0.4, -0.2) is 24.8 Å². The van der Waals surface area contributed by atoms with E-state index in [1.54, 1.807) is 41.7 Å². The van der Waals surface area contributed by atoms with Crippen LogP contribution < -0.4 is 0 Å². The predicted octanol–water partition coefficient (Wildman–Crippen LogP) is 8.78. The molecule has 8 heteroatoms. The SMILES string of the molecule is CC1(C)C2Cc3c(nn(-c4ccc([N+](=O)[O-])cc4)c3-c3ccc(-c4ccc(O)c(-c5nc6ccccc6s5)c4)cc3)C1C2. The van der Waals surface area contributed by atoms with Gasteiger partial charge in [-0.05, 0) is 71.7 Å². The van der Waals surface area contributed by atoms with Gasteiger partial charge in [-0.1, -0.05) is 56.3 Å². The van der Waals surface area contributed by atoms with Crippen LogP contribution in [0.15, 0.2) is 91.0 Å². The van der Waals surface area contributed by atoms with Crippen LogP contribution in [0.4, 0.5) is 5.69 Å². The van der Waals surface area contributed by atoms with Crippen molar-refractivity contribution >= 4 is 27.2 Å². The molecule has 2 unspecified atom stereocenters. The minimum Gasteiger partial charge on any atom is -0.507 e. The normalized spacial score (nSPS) is 18.3. The molecule has 1 fully saturated rings. The Bertz CT molecular complexity index is 2030. The zero-order chi connectivity index (χ0) is 29.5. The summed E-state index contributed by atoms with van der Waals surface area (Å²) in [7, 11) is 0. The van der Waals surface area contributed by atoms with Gasteiger partial charge in [-0.2, -0.15) is 5.10 Å². The minimum atomic E-state index is -0.375. The van der Waals surface area contributed by atoms with Gasteiger partial charge in [-0.3, -0.25) is 10.1 Å². The van der Waals surface area contributed by atoms with Crippen molar-refractivity contribution in [2.45, 2.75) is 32.6 Å². The van der Waals surface area contributed by atoms with E-state index < -0.39 is 0 Å². The Morgan fingerprint density at radius 2 is 1.67 bits per heavy atom. The largest absolute Gasteiger partial charge is 0.507 e. The van der Waals surface area contributed by atoms with E-state index in [0.717, 1.165) is 67.4 Å². The van der Waals surface area contributed by atoms with Crippen molar-refractivity contribution in [3.8, 4) is 44.4 Å². The highest BCUT2D eigenvalue weighted by Gasteiger charge is 2.54. The first-order valence-corrected chi connectivity index (χ1v) is 15.3. The van der Waals surface area contributed by atoms with E-state index in [-0.39, 0.29) is 21.8 Å². The molecule has 6 aromatic rings. The standard InChI is InChI=1S/C35H28N4O3S/c1-35(2)23-18-27-32(28(35)19-23)37-38(24-12-14-25(15-13-24)39(41)42)33(27)21-9-7-20(8-10-21)22-11-16-30(40)26(17-22)34-36-29-5-3-4-6-31(29)43-34/h3-17,23,28,40H,18-19H2,1-2H3. The molecular weight excluding hydrogens is 556 g/mol. The molecule has 0 spiro atoms. The summed E-state index contributed by atoms with van der Waals surface area (Å²) in [4.78, 5) is 15.7. The zero-order valence-electron chi connectivity index (χ0n) is 23.7. The average Bonchev–Trinajstić information content (AvgIpc) is 3.63. The Balaban J connectivity index is 1.20. The number of aromatic nitrogens is 3. The highest BCUT2D eigenvalue weighted by atomic mass is 32.1. The van der Waals surface area contributed by atoms with Crippen molar-refractivity contribution in [2.24, 2.45) is 11.3 Å². The maximum atomic E-state index is 11.3. The second kappa shape index (κ2) is 9.34. The minimum absolute atomic E-state index is 0.0640. The first-order valence-electron chi connectivity index (χ1n) is 14.4. The van der Waals surface area contributed by atoms with Crippen molar-refractivity contribution < 1.29 is 10.0 Å². The first kappa shape index (κ1) is 25.9. The molecule has 0 saturated heterocycles. The first-order chi connectivity index (χ1) is 20.8. The summed E-state index contributed by atoms with van der Waals surface area (Å²) in [5.74, 6) is 1.24. The van der Waals surface area contributed by atoms with E-state index in [9.17, 15) is 15.2 Å². The van der Waals surface area contributed by atoms with Crippen LogP contribution in [0.3, 0.4) is 0 Å². The zero-order valence-corrected chi connectivity index (χ0v) is 24.5. The molecular formula is C35H28N4O3S. The van der Waals surface area contributed by atoms with E-state index in [1.165, 1.54) is 5.56 Å². The van der Waals surface area contributed by atoms with E-state index >= 15 is 0 Å². The Kier molecular flexibility index (Phi) is 5.62. The molecule has 0 amide bonds. The van der Waals surface area contributed by atoms with Crippen molar-refractivity contribution in [3.05, 3.63) is 112 Å². The predicted molar refractivity (Wildman–Crippen MR) is 170 cm³/mol. The second-order valence-corrected chi connectivity index (χ2v) is 13.2. The summed E-state index contributed by atoms with van der Waals surface area (Å²) in [6.07, 6.45) is 2.14. The fourth-order valence-electron chi connectivity index (χ4n) is 6.92. The van der Waals surface area contributed by atoms with Crippen molar-refractivity contribution in [1.29, 1.82) is 0 Å². The Morgan fingerprint density at radius 3 is 2.40 bits per heavy atom. The van der Waals surface area contributed by atoms with Gasteiger partial charge in [0.25, 0.3) is 5.69 Å². The Morgan fingerprint density at radius 1 is 0.953 bits per heavy atom. The molecule has 2 aromatic heterocycles. The van der Waals surface area contributed by atoms with E-state index in [1.807, 2.05) is 41.1 Å². The van der Waals surface area contributed by atoms with Crippen molar-refractivity contribution in [2.75, 3.05) is 0 Å². The number of para-hydroxylation sites is 1. The van der Waals surface area contributed by atoms with Gasteiger partial charge in [0, 0.05) is 29.2 Å². The molecule has 7 nitrogen and oxygen atoms in total. The molecule has 1 N–H and O–H groups in total. The molecule has 0 radical (unpaired) electrons.